The molecule has 0 fully saturated rings. The van der Waals surface area contributed by atoms with Gasteiger partial charge in [-0.1, -0.05) is 39.8 Å². The molecule has 0 spiro atoms. The zero-order chi connectivity index (χ0) is 15.2. The summed E-state index contributed by atoms with van der Waals surface area (Å²) in [5, 5.41) is 0. The van der Waals surface area contributed by atoms with Gasteiger partial charge in [0.05, 0.1) is 11.0 Å². The summed E-state index contributed by atoms with van der Waals surface area (Å²) < 4.78 is 3.56. The number of aryl methyl sites for hydroxylation is 2. The Labute approximate surface area is 116 Å². The molecule has 2 aromatic rings. The van der Waals surface area contributed by atoms with Gasteiger partial charge in [0.25, 0.3) is 0 Å². The van der Waals surface area contributed by atoms with Gasteiger partial charge < -0.3 is 0 Å². The Morgan fingerprint density at radius 3 is 2.05 bits per heavy atom. The number of hydrogen-bond donors (Lipinski definition) is 0. The van der Waals surface area contributed by atoms with Gasteiger partial charge in [-0.15, -0.1) is 0 Å². The van der Waals surface area contributed by atoms with E-state index in [9.17, 15) is 4.79 Å². The Morgan fingerprint density at radius 1 is 1.05 bits per heavy atom. The molecule has 1 heterocycles. The Morgan fingerprint density at radius 2 is 1.58 bits per heavy atom. The molecular weight excluding hydrogens is 236 g/mol. The van der Waals surface area contributed by atoms with Crippen LogP contribution in [-0.2, 0) is 7.05 Å². The van der Waals surface area contributed by atoms with Gasteiger partial charge in [0.1, 0.15) is 0 Å². The number of rotatable bonds is 1. The first-order valence-corrected chi connectivity index (χ1v) is 7.20. The molecule has 0 unspecified atom stereocenters. The second-order valence-corrected chi connectivity index (χ2v) is 4.25. The first-order chi connectivity index (χ1) is 9.04. The molecule has 0 N–H and O–H groups in total. The molecular formula is C16H28N2O. The van der Waals surface area contributed by atoms with Crippen molar-refractivity contribution in [1.29, 1.82) is 0 Å². The van der Waals surface area contributed by atoms with Crippen molar-refractivity contribution in [2.75, 3.05) is 0 Å². The summed E-state index contributed by atoms with van der Waals surface area (Å²) in [4.78, 5) is 12.0. The van der Waals surface area contributed by atoms with Crippen LogP contribution >= 0.6 is 0 Å². The molecule has 0 saturated carbocycles. The van der Waals surface area contributed by atoms with E-state index >= 15 is 0 Å². The van der Waals surface area contributed by atoms with Gasteiger partial charge in [-0.25, -0.2) is 4.79 Å². The van der Waals surface area contributed by atoms with Crippen molar-refractivity contribution < 1.29 is 0 Å². The topological polar surface area (TPSA) is 26.9 Å². The fraction of sp³-hybridized carbons (Fsp3) is 0.562. The van der Waals surface area contributed by atoms with E-state index in [1.54, 1.807) is 4.57 Å². The predicted molar refractivity (Wildman–Crippen MR) is 85.0 cm³/mol. The highest BCUT2D eigenvalue weighted by atomic mass is 16.1. The number of hydrogen-bond acceptors (Lipinski definition) is 1. The minimum absolute atomic E-state index is 0.0642. The molecule has 1 aromatic heterocycles. The summed E-state index contributed by atoms with van der Waals surface area (Å²) in [7, 11) is 1.83. The Hall–Kier alpha value is -1.51. The second-order valence-electron chi connectivity index (χ2n) is 4.25. The monoisotopic (exact) mass is 264 g/mol. The van der Waals surface area contributed by atoms with E-state index in [-0.39, 0.29) is 11.7 Å². The lowest BCUT2D eigenvalue weighted by Gasteiger charge is -2.06. The van der Waals surface area contributed by atoms with Crippen LogP contribution in [0.1, 0.15) is 53.1 Å². The number of para-hydroxylation sites is 1. The minimum Gasteiger partial charge on any atom is -0.295 e. The summed E-state index contributed by atoms with van der Waals surface area (Å²) in [6.07, 6.45) is 0. The van der Waals surface area contributed by atoms with Gasteiger partial charge >= 0.3 is 5.69 Å². The number of nitrogens with zero attached hydrogens (tertiary/aromatic N) is 2. The Kier molecular flexibility index (Phi) is 7.20. The van der Waals surface area contributed by atoms with Crippen LogP contribution in [-0.4, -0.2) is 9.13 Å². The van der Waals surface area contributed by atoms with Crippen LogP contribution in [0.2, 0.25) is 0 Å². The lowest BCUT2D eigenvalue weighted by atomic mass is 10.2. The highest BCUT2D eigenvalue weighted by Crippen LogP contribution is 2.19. The zero-order valence-electron chi connectivity index (χ0n) is 13.6. The van der Waals surface area contributed by atoms with Gasteiger partial charge in [-0.2, -0.15) is 0 Å². The fourth-order valence-corrected chi connectivity index (χ4v) is 2.13. The van der Waals surface area contributed by atoms with Crippen molar-refractivity contribution in [2.45, 2.75) is 54.5 Å². The van der Waals surface area contributed by atoms with Crippen LogP contribution in [0.5, 0.6) is 0 Å². The molecule has 0 aliphatic heterocycles. The molecule has 0 atom stereocenters. The highest BCUT2D eigenvalue weighted by Gasteiger charge is 2.13. The van der Waals surface area contributed by atoms with Crippen LogP contribution in [0.4, 0.5) is 0 Å². The molecule has 0 radical (unpaired) electrons. The summed E-state index contributed by atoms with van der Waals surface area (Å²) in [6, 6.07) is 6.23. The molecule has 19 heavy (non-hydrogen) atoms. The Balaban J connectivity index is 0.000000741. The third kappa shape index (κ3) is 3.28. The van der Waals surface area contributed by atoms with E-state index in [0.717, 1.165) is 16.6 Å². The fourth-order valence-electron chi connectivity index (χ4n) is 2.13. The average Bonchev–Trinajstić information content (AvgIpc) is 2.68. The summed E-state index contributed by atoms with van der Waals surface area (Å²) in [5.74, 6) is 0. The summed E-state index contributed by atoms with van der Waals surface area (Å²) in [5.41, 5.74) is 3.27. The van der Waals surface area contributed by atoms with Crippen LogP contribution in [0.25, 0.3) is 11.0 Å². The van der Waals surface area contributed by atoms with Gasteiger partial charge in [0, 0.05) is 13.1 Å². The van der Waals surface area contributed by atoms with Gasteiger partial charge in [0.2, 0.25) is 0 Å². The average molecular weight is 264 g/mol. The molecule has 2 rings (SSSR count). The first kappa shape index (κ1) is 17.5. The van der Waals surface area contributed by atoms with Gasteiger partial charge in [-0.3, -0.25) is 9.13 Å². The molecule has 0 aliphatic rings. The largest absolute Gasteiger partial charge is 0.329 e. The third-order valence-corrected chi connectivity index (χ3v) is 2.82. The molecule has 3 nitrogen and oxygen atoms in total. The molecule has 3 heteroatoms. The normalized spacial score (nSPS) is 9.74. The molecule has 0 aliphatic carbocycles. The van der Waals surface area contributed by atoms with E-state index in [1.165, 1.54) is 0 Å². The van der Waals surface area contributed by atoms with Crippen LogP contribution < -0.4 is 5.69 Å². The molecule has 108 valence electrons. The van der Waals surface area contributed by atoms with E-state index in [4.69, 9.17) is 0 Å². The Bertz CT molecular complexity index is 562. The maximum Gasteiger partial charge on any atom is 0.329 e. The third-order valence-electron chi connectivity index (χ3n) is 2.82. The SMILES string of the molecule is CC.CC.Cc1cccc2c1n(C)c(=O)n2C(C)C. The van der Waals surface area contributed by atoms with Crippen LogP contribution in [0.3, 0.4) is 0 Å². The lowest BCUT2D eigenvalue weighted by Crippen LogP contribution is -2.23. The molecule has 0 bridgehead atoms. The quantitative estimate of drug-likeness (QED) is 0.755. The van der Waals surface area contributed by atoms with E-state index in [0.29, 0.717) is 0 Å². The maximum absolute atomic E-state index is 12.0. The summed E-state index contributed by atoms with van der Waals surface area (Å²) in [6.45, 7) is 14.1. The van der Waals surface area contributed by atoms with Crippen molar-refractivity contribution in [3.8, 4) is 0 Å². The summed E-state index contributed by atoms with van der Waals surface area (Å²) >= 11 is 0. The maximum atomic E-state index is 12.0. The highest BCUT2D eigenvalue weighted by molar-refractivity contribution is 5.79. The lowest BCUT2D eigenvalue weighted by molar-refractivity contribution is 0.583. The molecule has 1 aromatic carbocycles. The number of imidazole rings is 1. The zero-order valence-corrected chi connectivity index (χ0v) is 13.6. The second kappa shape index (κ2) is 7.82. The number of fused-ring (bicyclic) bond motifs is 1. The smallest absolute Gasteiger partial charge is 0.295 e. The van der Waals surface area contributed by atoms with Crippen molar-refractivity contribution in [1.82, 2.24) is 9.13 Å². The van der Waals surface area contributed by atoms with Gasteiger partial charge in [-0.05, 0) is 32.4 Å². The van der Waals surface area contributed by atoms with Crippen molar-refractivity contribution >= 4 is 11.0 Å². The van der Waals surface area contributed by atoms with Crippen LogP contribution in [0.15, 0.2) is 23.0 Å². The predicted octanol–water partition coefficient (Wildman–Crippen LogP) is 4.28. The van der Waals surface area contributed by atoms with Crippen molar-refractivity contribution in [3.05, 3.63) is 34.2 Å². The van der Waals surface area contributed by atoms with E-state index < -0.39 is 0 Å². The first-order valence-electron chi connectivity index (χ1n) is 7.20. The molecule has 0 amide bonds. The van der Waals surface area contributed by atoms with Crippen LogP contribution in [0, 0.1) is 6.92 Å². The van der Waals surface area contributed by atoms with Crippen molar-refractivity contribution in [2.24, 2.45) is 7.05 Å². The van der Waals surface area contributed by atoms with Gasteiger partial charge in [0.15, 0.2) is 0 Å². The number of benzene rings is 1. The number of aromatic nitrogens is 2. The van der Waals surface area contributed by atoms with E-state index in [2.05, 4.69) is 0 Å². The standard InChI is InChI=1S/C12H16N2O.2C2H6/c1-8(2)14-10-7-5-6-9(3)11(10)13(4)12(14)15;2*1-2/h5-8H,1-4H3;2*1-2H3. The van der Waals surface area contributed by atoms with Crippen molar-refractivity contribution in [3.63, 3.8) is 0 Å². The van der Waals surface area contributed by atoms with E-state index in [1.807, 2.05) is 78.3 Å². The molecule has 0 saturated heterocycles. The minimum atomic E-state index is 0.0642.